The predicted octanol–water partition coefficient (Wildman–Crippen LogP) is -4.75. The Morgan fingerprint density at radius 3 is 2.41 bits per heavy atom. The summed E-state index contributed by atoms with van der Waals surface area (Å²) < 4.78 is 47.3. The Hall–Kier alpha value is -3.11. The molecule has 9 atom stereocenters. The Morgan fingerprint density at radius 1 is 1.25 bits per heavy atom. The van der Waals surface area contributed by atoms with Crippen LogP contribution in [0.15, 0.2) is 34.2 Å². The molecule has 1 amide bonds. The van der Waals surface area contributed by atoms with Gasteiger partial charge in [0.2, 0.25) is 5.91 Å². The summed E-state index contributed by atoms with van der Waals surface area (Å²) in [7, 11) is -11.1. The molecule has 1 fully saturated rings. The van der Waals surface area contributed by atoms with Crippen molar-refractivity contribution in [2.24, 2.45) is 0 Å². The zero-order valence-electron chi connectivity index (χ0n) is 22.3. The maximum atomic E-state index is 12.9. The third-order valence-electron chi connectivity index (χ3n) is 5.58. The molecule has 2 heterocycles. The van der Waals surface area contributed by atoms with Gasteiger partial charge >= 0.3 is 27.3 Å². The Bertz CT molecular complexity index is 1420. The third-order valence-corrected chi connectivity index (χ3v) is 7.74. The molecule has 2 rings (SSSR count). The fraction of sp³-hybridized carbons (Fsp3) is 0.550. The summed E-state index contributed by atoms with van der Waals surface area (Å²) in [5.74, 6) is -3.43. The van der Waals surface area contributed by atoms with E-state index in [1.165, 1.54) is 0 Å². The van der Waals surface area contributed by atoms with E-state index < -0.39 is 107 Å². The predicted molar refractivity (Wildman–Crippen MR) is 137 cm³/mol. The van der Waals surface area contributed by atoms with Crippen molar-refractivity contribution in [3.63, 3.8) is 0 Å². The van der Waals surface area contributed by atoms with Gasteiger partial charge in [0, 0.05) is 19.2 Å². The van der Waals surface area contributed by atoms with Crippen molar-refractivity contribution in [2.75, 3.05) is 13.2 Å². The zero-order valence-corrected chi connectivity index (χ0v) is 24.1. The zero-order chi connectivity index (χ0) is 33.6. The number of carbonyl (C=O) groups is 3. The first-order valence-corrected chi connectivity index (χ1v) is 15.0. The fourth-order valence-corrected chi connectivity index (χ4v) is 5.29. The number of amides is 1. The molecule has 1 aliphatic heterocycles. The maximum absolute atomic E-state index is 12.9. The first-order valence-electron chi connectivity index (χ1n) is 11.9. The molecule has 0 aliphatic carbocycles. The maximum Gasteiger partial charge on any atom is 0.481 e. The van der Waals surface area contributed by atoms with Crippen LogP contribution in [0.3, 0.4) is 0 Å². The Labute approximate surface area is 245 Å². The van der Waals surface area contributed by atoms with E-state index in [-0.39, 0.29) is 6.29 Å². The summed E-state index contributed by atoms with van der Waals surface area (Å²) in [4.78, 5) is 88.6. The van der Waals surface area contributed by atoms with Gasteiger partial charge in [0.05, 0.1) is 13.2 Å². The van der Waals surface area contributed by atoms with Crippen molar-refractivity contribution in [3.8, 4) is 0 Å². The van der Waals surface area contributed by atoms with Crippen LogP contribution in [0.1, 0.15) is 13.2 Å². The molecule has 22 nitrogen and oxygen atoms in total. The van der Waals surface area contributed by atoms with E-state index in [9.17, 15) is 53.3 Å². The van der Waals surface area contributed by atoms with Gasteiger partial charge in [-0.15, -0.1) is 0 Å². The second kappa shape index (κ2) is 15.3. The van der Waals surface area contributed by atoms with Gasteiger partial charge in [-0.1, -0.05) is 0 Å². The second-order valence-electron chi connectivity index (χ2n) is 8.89. The van der Waals surface area contributed by atoms with Crippen LogP contribution in [0.2, 0.25) is 0 Å². The second-order valence-corrected chi connectivity index (χ2v) is 11.7. The highest BCUT2D eigenvalue weighted by molar-refractivity contribution is 7.60. The highest BCUT2D eigenvalue weighted by Gasteiger charge is 2.49. The number of aromatic nitrogens is 2. The van der Waals surface area contributed by atoms with Crippen LogP contribution < -0.4 is 16.6 Å². The average molecular weight is 677 g/mol. The highest BCUT2D eigenvalue weighted by Crippen LogP contribution is 2.57. The topological polar surface area (TPSA) is 340 Å². The molecule has 24 heteroatoms. The summed E-state index contributed by atoms with van der Waals surface area (Å²) in [6.45, 7) is 2.00. The molecular formula is C20H29N3O19P2. The van der Waals surface area contributed by atoms with Crippen LogP contribution in [0.4, 0.5) is 0 Å². The Morgan fingerprint density at radius 2 is 1.89 bits per heavy atom. The molecule has 0 spiro atoms. The largest absolute Gasteiger partial charge is 0.481 e. The van der Waals surface area contributed by atoms with Crippen molar-refractivity contribution in [3.05, 3.63) is 45.4 Å². The summed E-state index contributed by atoms with van der Waals surface area (Å²) >= 11 is 0. The molecule has 1 aliphatic rings. The summed E-state index contributed by atoms with van der Waals surface area (Å²) in [6.07, 6.45) is -12.7. The molecule has 1 aromatic heterocycles. The van der Waals surface area contributed by atoms with Gasteiger partial charge in [-0.3, -0.25) is 23.7 Å². The van der Waals surface area contributed by atoms with E-state index in [1.54, 1.807) is 0 Å². The smallest absolute Gasteiger partial charge is 0.478 e. The number of aliphatic hydroxyl groups is 4. The number of esters is 1. The number of rotatable bonds is 16. The number of aromatic amines is 1. The monoisotopic (exact) mass is 677 g/mol. The first-order chi connectivity index (χ1) is 20.3. The number of carbonyl (C=O) groups excluding carboxylic acids is 3. The number of nitrogens with one attached hydrogen (secondary N) is 2. The van der Waals surface area contributed by atoms with E-state index in [4.69, 9.17) is 29.1 Å². The standard InChI is InChI=1S/C20H29N3O19P2/c1-8(39-16(14(29)11(27)6-25)10(5-24)21-9(2)26)19(31)41-17-12(7-38-44(36,37)42-43(33,34)35)40-18(15(17)30)23-4-3-13(28)22-20(23)32/h3-5,10-12,14-18,25,27,29-30H,1,6-7H2,2H3,(H,21,26)(H,36,37)(H,22,28,32)(H2,33,34,35)/t10-,11+,12+,14+,15+,16+,17+,18+/m0/s1. The molecule has 0 saturated carbocycles. The number of ether oxygens (including phenoxy) is 3. The molecule has 1 saturated heterocycles. The lowest BCUT2D eigenvalue weighted by Gasteiger charge is -2.31. The number of hydrogen-bond acceptors (Lipinski definition) is 16. The summed E-state index contributed by atoms with van der Waals surface area (Å²) in [5, 5.41) is 42.2. The van der Waals surface area contributed by atoms with Gasteiger partial charge in [0.25, 0.3) is 5.56 Å². The van der Waals surface area contributed by atoms with Crippen LogP contribution in [0.5, 0.6) is 0 Å². The quantitative estimate of drug-likeness (QED) is 0.0261. The number of phosphoric ester groups is 1. The number of nitrogens with zero attached hydrogens (tertiary/aromatic N) is 1. The van der Waals surface area contributed by atoms with Gasteiger partial charge in [-0.25, -0.2) is 18.7 Å². The van der Waals surface area contributed by atoms with Crippen LogP contribution in [0, 0.1) is 0 Å². The van der Waals surface area contributed by atoms with Crippen LogP contribution in [0.25, 0.3) is 0 Å². The molecule has 0 aromatic carbocycles. The fourth-order valence-electron chi connectivity index (χ4n) is 3.69. The summed E-state index contributed by atoms with van der Waals surface area (Å²) in [5.41, 5.74) is -1.97. The van der Waals surface area contributed by atoms with Gasteiger partial charge in [-0.2, -0.15) is 4.31 Å². The van der Waals surface area contributed by atoms with Crippen LogP contribution >= 0.6 is 15.6 Å². The van der Waals surface area contributed by atoms with Gasteiger partial charge in [0.15, 0.2) is 24.2 Å². The number of aldehydes is 1. The molecular weight excluding hydrogens is 648 g/mol. The van der Waals surface area contributed by atoms with E-state index in [0.29, 0.717) is 4.57 Å². The minimum atomic E-state index is -5.56. The normalized spacial score (nSPS) is 24.3. The van der Waals surface area contributed by atoms with Crippen LogP contribution in [-0.4, -0.2) is 119 Å². The van der Waals surface area contributed by atoms with Gasteiger partial charge in [-0.05, 0) is 6.58 Å². The van der Waals surface area contributed by atoms with E-state index in [1.807, 2.05) is 4.98 Å². The van der Waals surface area contributed by atoms with Crippen molar-refractivity contribution in [1.29, 1.82) is 0 Å². The Kier molecular flexibility index (Phi) is 12.9. The molecule has 1 aromatic rings. The average Bonchev–Trinajstić information content (AvgIpc) is 3.21. The lowest BCUT2D eigenvalue weighted by Crippen LogP contribution is -2.54. The number of phosphoric acid groups is 2. The lowest BCUT2D eigenvalue weighted by molar-refractivity contribution is -0.161. The van der Waals surface area contributed by atoms with Crippen molar-refractivity contribution in [2.45, 2.75) is 55.8 Å². The number of aliphatic hydroxyl groups excluding tert-OH is 4. The first kappa shape index (κ1) is 37.1. The molecule has 248 valence electrons. The molecule has 44 heavy (non-hydrogen) atoms. The minimum Gasteiger partial charge on any atom is -0.478 e. The summed E-state index contributed by atoms with van der Waals surface area (Å²) in [6, 6.07) is -0.877. The molecule has 0 radical (unpaired) electrons. The van der Waals surface area contributed by atoms with Gasteiger partial charge < -0.3 is 59.4 Å². The van der Waals surface area contributed by atoms with Crippen LogP contribution in [-0.2, 0) is 46.6 Å². The SMILES string of the molecule is C=C(O[C@@H]([C@H](O)[C@H](O)CO)[C@H](C=O)NC(C)=O)C(=O)O[C@H]1[C@@H](O)[C@H](n2ccc(=O)[nH]c2=O)O[C@@H]1COP(=O)(O)OP(=O)(O)O. The van der Waals surface area contributed by atoms with Crippen molar-refractivity contribution >= 4 is 33.8 Å². The van der Waals surface area contributed by atoms with Crippen molar-refractivity contribution in [1.82, 2.24) is 14.9 Å². The van der Waals surface area contributed by atoms with E-state index in [2.05, 4.69) is 20.7 Å². The number of H-pyrrole nitrogens is 1. The molecule has 0 bridgehead atoms. The number of hydrogen-bond donors (Lipinski definition) is 9. The minimum absolute atomic E-state index is 0.0688. The highest BCUT2D eigenvalue weighted by atomic mass is 31.3. The lowest BCUT2D eigenvalue weighted by atomic mass is 10.0. The van der Waals surface area contributed by atoms with E-state index in [0.717, 1.165) is 19.2 Å². The third kappa shape index (κ3) is 10.2. The van der Waals surface area contributed by atoms with Crippen molar-refractivity contribution < 1.29 is 81.7 Å². The van der Waals surface area contributed by atoms with E-state index >= 15 is 0 Å². The van der Waals surface area contributed by atoms with Gasteiger partial charge in [0.1, 0.15) is 36.7 Å². The molecule has 1 unspecified atom stereocenters. The molecule has 9 N–H and O–H groups in total. The Balaban J connectivity index is 2.35.